The second-order valence-corrected chi connectivity index (χ2v) is 4.82. The van der Waals surface area contributed by atoms with E-state index in [2.05, 4.69) is 0 Å². The third-order valence-electron chi connectivity index (χ3n) is 3.48. The Morgan fingerprint density at radius 2 is 2.21 bits per heavy atom. The first-order chi connectivity index (χ1) is 9.02. The van der Waals surface area contributed by atoms with E-state index in [1.165, 1.54) is 6.07 Å². The molecule has 0 spiro atoms. The van der Waals surface area contributed by atoms with Crippen molar-refractivity contribution in [3.8, 4) is 0 Å². The van der Waals surface area contributed by atoms with Crippen LogP contribution in [0.15, 0.2) is 18.2 Å². The molecule has 19 heavy (non-hydrogen) atoms. The zero-order chi connectivity index (χ0) is 14.0. The number of carbonyl (C=O) groups is 2. The van der Waals surface area contributed by atoms with Crippen LogP contribution in [0.3, 0.4) is 0 Å². The van der Waals surface area contributed by atoms with Gasteiger partial charge in [0.05, 0.1) is 5.56 Å². The standard InChI is InChI=1S/C14H18N2O3/c1-2-11(15)8-13(17)16-6-5-9-7-10(14(18)19)3-4-12(9)16/h3-4,7,11H,2,5-6,8,15H2,1H3,(H,18,19). The summed E-state index contributed by atoms with van der Waals surface area (Å²) >= 11 is 0. The molecule has 1 heterocycles. The van der Waals surface area contributed by atoms with Crippen LogP contribution in [0.4, 0.5) is 5.69 Å². The summed E-state index contributed by atoms with van der Waals surface area (Å²) in [6.07, 6.45) is 1.80. The van der Waals surface area contributed by atoms with E-state index in [9.17, 15) is 9.59 Å². The minimum atomic E-state index is -0.944. The molecule has 0 radical (unpaired) electrons. The van der Waals surface area contributed by atoms with Crippen molar-refractivity contribution in [2.45, 2.75) is 32.2 Å². The molecule has 1 unspecified atom stereocenters. The molecule has 0 bridgehead atoms. The molecule has 1 aliphatic rings. The Kier molecular flexibility index (Phi) is 3.85. The number of fused-ring (bicyclic) bond motifs is 1. The quantitative estimate of drug-likeness (QED) is 0.859. The Morgan fingerprint density at radius 1 is 1.47 bits per heavy atom. The number of amides is 1. The van der Waals surface area contributed by atoms with Crippen LogP contribution in [-0.4, -0.2) is 29.6 Å². The molecule has 1 aliphatic heterocycles. The molecule has 1 amide bonds. The van der Waals surface area contributed by atoms with E-state index in [1.807, 2.05) is 6.92 Å². The van der Waals surface area contributed by atoms with Gasteiger partial charge in [-0.05, 0) is 36.6 Å². The first-order valence-corrected chi connectivity index (χ1v) is 6.45. The molecule has 0 saturated heterocycles. The van der Waals surface area contributed by atoms with E-state index in [-0.39, 0.29) is 17.5 Å². The number of nitrogens with two attached hydrogens (primary N) is 1. The fourth-order valence-electron chi connectivity index (χ4n) is 2.27. The number of carboxylic acid groups (broad SMARTS) is 1. The first-order valence-electron chi connectivity index (χ1n) is 6.45. The van der Waals surface area contributed by atoms with Gasteiger partial charge in [0.2, 0.25) is 5.91 Å². The van der Waals surface area contributed by atoms with E-state index >= 15 is 0 Å². The minimum Gasteiger partial charge on any atom is -0.478 e. The van der Waals surface area contributed by atoms with Crippen LogP contribution in [0.2, 0.25) is 0 Å². The van der Waals surface area contributed by atoms with E-state index < -0.39 is 5.97 Å². The largest absolute Gasteiger partial charge is 0.478 e. The molecule has 2 rings (SSSR count). The lowest BCUT2D eigenvalue weighted by Crippen LogP contribution is -2.34. The Balaban J connectivity index is 2.18. The van der Waals surface area contributed by atoms with Gasteiger partial charge in [0.25, 0.3) is 0 Å². The first kappa shape index (κ1) is 13.5. The van der Waals surface area contributed by atoms with Gasteiger partial charge in [0.15, 0.2) is 0 Å². The van der Waals surface area contributed by atoms with Crippen LogP contribution >= 0.6 is 0 Å². The Bertz CT molecular complexity index is 513. The minimum absolute atomic E-state index is 0.0103. The Hall–Kier alpha value is -1.88. The summed E-state index contributed by atoms with van der Waals surface area (Å²) in [6.45, 7) is 2.56. The molecule has 0 aromatic heterocycles. The van der Waals surface area contributed by atoms with Crippen molar-refractivity contribution in [2.75, 3.05) is 11.4 Å². The van der Waals surface area contributed by atoms with Crippen molar-refractivity contribution in [1.82, 2.24) is 0 Å². The molecule has 5 nitrogen and oxygen atoms in total. The molecule has 102 valence electrons. The Labute approximate surface area is 112 Å². The summed E-state index contributed by atoms with van der Waals surface area (Å²) in [5, 5.41) is 8.94. The summed E-state index contributed by atoms with van der Waals surface area (Å²) in [5.74, 6) is -0.934. The molecule has 5 heteroatoms. The number of hydrogen-bond acceptors (Lipinski definition) is 3. The lowest BCUT2D eigenvalue weighted by Gasteiger charge is -2.19. The predicted octanol–water partition coefficient (Wildman–Crippen LogP) is 1.40. The van der Waals surface area contributed by atoms with Crippen LogP contribution in [0.5, 0.6) is 0 Å². The number of rotatable bonds is 4. The smallest absolute Gasteiger partial charge is 0.335 e. The summed E-state index contributed by atoms with van der Waals surface area (Å²) < 4.78 is 0. The lowest BCUT2D eigenvalue weighted by molar-refractivity contribution is -0.118. The van der Waals surface area contributed by atoms with E-state index in [0.717, 1.165) is 17.7 Å². The zero-order valence-electron chi connectivity index (χ0n) is 10.9. The van der Waals surface area contributed by atoms with Gasteiger partial charge in [0.1, 0.15) is 0 Å². The molecule has 3 N–H and O–H groups in total. The summed E-state index contributed by atoms with van der Waals surface area (Å²) in [7, 11) is 0. The highest BCUT2D eigenvalue weighted by Gasteiger charge is 2.26. The molecular formula is C14H18N2O3. The van der Waals surface area contributed by atoms with Gasteiger partial charge in [-0.1, -0.05) is 6.92 Å². The van der Waals surface area contributed by atoms with E-state index in [4.69, 9.17) is 10.8 Å². The fraction of sp³-hybridized carbons (Fsp3) is 0.429. The van der Waals surface area contributed by atoms with Crippen molar-refractivity contribution in [2.24, 2.45) is 5.73 Å². The normalized spacial score (nSPS) is 15.2. The van der Waals surface area contributed by atoms with E-state index in [1.54, 1.807) is 17.0 Å². The van der Waals surface area contributed by atoms with Gasteiger partial charge in [-0.3, -0.25) is 4.79 Å². The molecular weight excluding hydrogens is 244 g/mol. The van der Waals surface area contributed by atoms with Gasteiger partial charge >= 0.3 is 5.97 Å². The van der Waals surface area contributed by atoms with Gasteiger partial charge < -0.3 is 15.7 Å². The number of carbonyl (C=O) groups excluding carboxylic acids is 1. The number of anilines is 1. The van der Waals surface area contributed by atoms with Gasteiger partial charge in [0, 0.05) is 24.7 Å². The van der Waals surface area contributed by atoms with Crippen LogP contribution in [0.25, 0.3) is 0 Å². The summed E-state index contributed by atoms with van der Waals surface area (Å²) in [5.41, 5.74) is 7.80. The highest BCUT2D eigenvalue weighted by molar-refractivity contribution is 5.97. The third kappa shape index (κ3) is 2.76. The van der Waals surface area contributed by atoms with Gasteiger partial charge in [-0.2, -0.15) is 0 Å². The molecule has 0 saturated carbocycles. The number of benzene rings is 1. The van der Waals surface area contributed by atoms with Crippen molar-refractivity contribution >= 4 is 17.6 Å². The average Bonchev–Trinajstić information content (AvgIpc) is 2.81. The van der Waals surface area contributed by atoms with E-state index in [0.29, 0.717) is 19.4 Å². The van der Waals surface area contributed by atoms with Crippen LogP contribution in [0.1, 0.15) is 35.7 Å². The average molecular weight is 262 g/mol. The van der Waals surface area contributed by atoms with Crippen molar-refractivity contribution in [1.29, 1.82) is 0 Å². The molecule has 0 fully saturated rings. The Morgan fingerprint density at radius 3 is 2.84 bits per heavy atom. The third-order valence-corrected chi connectivity index (χ3v) is 3.48. The zero-order valence-corrected chi connectivity index (χ0v) is 10.9. The van der Waals surface area contributed by atoms with Gasteiger partial charge in [-0.25, -0.2) is 4.79 Å². The van der Waals surface area contributed by atoms with Crippen LogP contribution in [0, 0.1) is 0 Å². The van der Waals surface area contributed by atoms with Crippen molar-refractivity contribution in [3.63, 3.8) is 0 Å². The number of aromatic carboxylic acids is 1. The molecule has 1 atom stereocenters. The highest BCUT2D eigenvalue weighted by atomic mass is 16.4. The maximum Gasteiger partial charge on any atom is 0.335 e. The number of nitrogens with zero attached hydrogens (tertiary/aromatic N) is 1. The highest BCUT2D eigenvalue weighted by Crippen LogP contribution is 2.29. The van der Waals surface area contributed by atoms with Crippen LogP contribution < -0.4 is 10.6 Å². The topological polar surface area (TPSA) is 83.6 Å². The number of hydrogen-bond donors (Lipinski definition) is 2. The van der Waals surface area contributed by atoms with Crippen molar-refractivity contribution < 1.29 is 14.7 Å². The SMILES string of the molecule is CCC(N)CC(=O)N1CCc2cc(C(=O)O)ccc21. The summed E-state index contributed by atoms with van der Waals surface area (Å²) in [4.78, 5) is 24.7. The maximum absolute atomic E-state index is 12.1. The maximum atomic E-state index is 12.1. The predicted molar refractivity (Wildman–Crippen MR) is 72.3 cm³/mol. The monoisotopic (exact) mass is 262 g/mol. The van der Waals surface area contributed by atoms with Crippen molar-refractivity contribution in [3.05, 3.63) is 29.3 Å². The fourth-order valence-corrected chi connectivity index (χ4v) is 2.27. The molecule has 0 aliphatic carbocycles. The van der Waals surface area contributed by atoms with Gasteiger partial charge in [-0.15, -0.1) is 0 Å². The number of carboxylic acids is 1. The molecule has 1 aromatic rings. The van der Waals surface area contributed by atoms with Crippen LogP contribution in [-0.2, 0) is 11.2 Å². The lowest BCUT2D eigenvalue weighted by atomic mass is 10.1. The second-order valence-electron chi connectivity index (χ2n) is 4.82. The second kappa shape index (κ2) is 5.40. The summed E-state index contributed by atoms with van der Waals surface area (Å²) in [6, 6.07) is 4.77. The molecule has 1 aromatic carbocycles.